The van der Waals surface area contributed by atoms with Gasteiger partial charge in [0.25, 0.3) is 0 Å². The van der Waals surface area contributed by atoms with Gasteiger partial charge in [0, 0.05) is 10.7 Å². The van der Waals surface area contributed by atoms with E-state index in [1.165, 1.54) is 10.5 Å². The Morgan fingerprint density at radius 1 is 1.03 bits per heavy atom. The Kier molecular flexibility index (Phi) is 6.37. The molecule has 0 atom stereocenters. The quantitative estimate of drug-likeness (QED) is 0.526. The summed E-state index contributed by atoms with van der Waals surface area (Å²) in [6.45, 7) is 4.15. The van der Waals surface area contributed by atoms with Gasteiger partial charge in [0.15, 0.2) is 0 Å². The van der Waals surface area contributed by atoms with E-state index in [0.717, 1.165) is 5.56 Å². The third-order valence-electron chi connectivity index (χ3n) is 5.39. The highest BCUT2D eigenvalue weighted by Crippen LogP contribution is 2.33. The smallest absolute Gasteiger partial charge is 0.244 e. The normalized spacial score (nSPS) is 13.4. The number of para-hydroxylation sites is 2. The molecule has 0 fully saturated rings. The minimum Gasteiger partial charge on any atom is -0.325 e. The van der Waals surface area contributed by atoms with Crippen LogP contribution in [0.4, 0.5) is 17.1 Å². The lowest BCUT2D eigenvalue weighted by molar-refractivity contribution is -0.120. The molecule has 0 spiro atoms. The predicted octanol–water partition coefficient (Wildman–Crippen LogP) is 5.96. The summed E-state index contributed by atoms with van der Waals surface area (Å²) in [5.41, 5.74) is 4.64. The molecule has 4 rings (SSSR count). The SMILES string of the molecule is CC(C)c1ccc(NC(=O)CN2C(=O)CC(c3ccc(Cl)cc3)=Nc3ccccc32)cc1. The first-order chi connectivity index (χ1) is 15.4. The Hall–Kier alpha value is -3.44. The number of amides is 2. The molecule has 162 valence electrons. The Balaban J connectivity index is 1.55. The lowest BCUT2D eigenvalue weighted by Gasteiger charge is -2.22. The summed E-state index contributed by atoms with van der Waals surface area (Å²) in [5, 5.41) is 3.51. The van der Waals surface area contributed by atoms with Gasteiger partial charge in [-0.2, -0.15) is 0 Å². The second-order valence-electron chi connectivity index (χ2n) is 8.04. The average Bonchev–Trinajstić information content (AvgIpc) is 2.91. The second-order valence-corrected chi connectivity index (χ2v) is 8.47. The Morgan fingerprint density at radius 3 is 2.41 bits per heavy atom. The molecule has 0 radical (unpaired) electrons. The van der Waals surface area contributed by atoms with Crippen molar-refractivity contribution in [2.24, 2.45) is 4.99 Å². The van der Waals surface area contributed by atoms with Crippen molar-refractivity contribution < 1.29 is 9.59 Å². The van der Waals surface area contributed by atoms with Crippen molar-refractivity contribution in [1.29, 1.82) is 0 Å². The van der Waals surface area contributed by atoms with Gasteiger partial charge in [-0.05, 0) is 53.4 Å². The number of anilines is 2. The van der Waals surface area contributed by atoms with Crippen LogP contribution < -0.4 is 10.2 Å². The number of fused-ring (bicyclic) bond motifs is 1. The zero-order valence-electron chi connectivity index (χ0n) is 18.0. The minimum absolute atomic E-state index is 0.0900. The molecule has 32 heavy (non-hydrogen) atoms. The summed E-state index contributed by atoms with van der Waals surface area (Å²) < 4.78 is 0. The first kappa shape index (κ1) is 21.8. The maximum absolute atomic E-state index is 13.2. The number of rotatable bonds is 5. The van der Waals surface area contributed by atoms with Gasteiger partial charge in [0.1, 0.15) is 6.54 Å². The maximum atomic E-state index is 13.2. The van der Waals surface area contributed by atoms with Crippen molar-refractivity contribution in [3.05, 3.63) is 88.9 Å². The van der Waals surface area contributed by atoms with Crippen LogP contribution in [0.15, 0.2) is 77.8 Å². The van der Waals surface area contributed by atoms with Gasteiger partial charge in [-0.25, -0.2) is 0 Å². The number of aliphatic imine (C=N–C) groups is 1. The molecule has 0 aliphatic carbocycles. The molecule has 6 heteroatoms. The van der Waals surface area contributed by atoms with Gasteiger partial charge in [0.2, 0.25) is 11.8 Å². The van der Waals surface area contributed by atoms with Gasteiger partial charge in [-0.1, -0.05) is 61.8 Å². The zero-order chi connectivity index (χ0) is 22.7. The molecular formula is C26H24ClN3O2. The van der Waals surface area contributed by atoms with Gasteiger partial charge in [-0.3, -0.25) is 14.6 Å². The van der Waals surface area contributed by atoms with E-state index in [4.69, 9.17) is 16.6 Å². The van der Waals surface area contributed by atoms with Crippen LogP contribution in [0.25, 0.3) is 0 Å². The standard InChI is InChI=1S/C26H24ClN3O2/c1-17(2)18-9-13-21(14-10-18)28-25(31)16-30-24-6-4-3-5-22(24)29-23(15-26(30)32)19-7-11-20(27)12-8-19/h3-14,17H,15-16H2,1-2H3,(H,28,31). The van der Waals surface area contributed by atoms with Crippen LogP contribution in [0.2, 0.25) is 5.02 Å². The molecule has 1 aliphatic rings. The van der Waals surface area contributed by atoms with Gasteiger partial charge in [0.05, 0.1) is 23.5 Å². The summed E-state index contributed by atoms with van der Waals surface area (Å²) >= 11 is 6.00. The summed E-state index contributed by atoms with van der Waals surface area (Å²) in [6, 6.07) is 22.4. The van der Waals surface area contributed by atoms with Crippen molar-refractivity contribution in [1.82, 2.24) is 0 Å². The second kappa shape index (κ2) is 9.37. The van der Waals surface area contributed by atoms with Gasteiger partial charge in [-0.15, -0.1) is 0 Å². The first-order valence-corrected chi connectivity index (χ1v) is 10.9. The van der Waals surface area contributed by atoms with Crippen LogP contribution in [-0.2, 0) is 9.59 Å². The average molecular weight is 446 g/mol. The lowest BCUT2D eigenvalue weighted by atomic mass is 10.0. The summed E-state index contributed by atoms with van der Waals surface area (Å²) in [7, 11) is 0. The number of hydrogen-bond donors (Lipinski definition) is 1. The van der Waals surface area contributed by atoms with Crippen molar-refractivity contribution in [3.8, 4) is 0 Å². The number of carbonyl (C=O) groups is 2. The monoisotopic (exact) mass is 445 g/mol. The third-order valence-corrected chi connectivity index (χ3v) is 5.64. The fourth-order valence-electron chi connectivity index (χ4n) is 3.62. The Labute approximate surface area is 192 Å². The van der Waals surface area contributed by atoms with E-state index in [2.05, 4.69) is 19.2 Å². The van der Waals surface area contributed by atoms with Crippen LogP contribution in [-0.4, -0.2) is 24.1 Å². The van der Waals surface area contributed by atoms with E-state index in [1.807, 2.05) is 60.7 Å². The van der Waals surface area contributed by atoms with Crippen molar-refractivity contribution >= 4 is 46.2 Å². The Bertz CT molecular complexity index is 1170. The minimum atomic E-state index is -0.264. The van der Waals surface area contributed by atoms with E-state index in [0.29, 0.717) is 33.7 Å². The molecule has 2 amide bonds. The highest BCUT2D eigenvalue weighted by molar-refractivity contribution is 6.30. The number of hydrogen-bond acceptors (Lipinski definition) is 3. The zero-order valence-corrected chi connectivity index (χ0v) is 18.8. The highest BCUT2D eigenvalue weighted by Gasteiger charge is 2.26. The lowest BCUT2D eigenvalue weighted by Crippen LogP contribution is -2.38. The number of nitrogens with one attached hydrogen (secondary N) is 1. The molecule has 0 saturated heterocycles. The van der Waals surface area contributed by atoms with E-state index < -0.39 is 0 Å². The fourth-order valence-corrected chi connectivity index (χ4v) is 3.75. The van der Waals surface area contributed by atoms with Crippen molar-refractivity contribution in [3.63, 3.8) is 0 Å². The topological polar surface area (TPSA) is 61.8 Å². The number of carbonyl (C=O) groups excluding carboxylic acids is 2. The van der Waals surface area contributed by atoms with Crippen LogP contribution >= 0.6 is 11.6 Å². The first-order valence-electron chi connectivity index (χ1n) is 10.5. The predicted molar refractivity (Wildman–Crippen MR) is 130 cm³/mol. The van der Waals surface area contributed by atoms with Gasteiger partial charge >= 0.3 is 0 Å². The number of benzene rings is 3. The molecule has 1 heterocycles. The van der Waals surface area contributed by atoms with Crippen LogP contribution in [0, 0.1) is 0 Å². The van der Waals surface area contributed by atoms with Crippen molar-refractivity contribution in [2.75, 3.05) is 16.8 Å². The molecule has 0 aromatic heterocycles. The fraction of sp³-hybridized carbons (Fsp3) is 0.192. The third kappa shape index (κ3) is 4.89. The highest BCUT2D eigenvalue weighted by atomic mass is 35.5. The number of halogens is 1. The van der Waals surface area contributed by atoms with Crippen LogP contribution in [0.5, 0.6) is 0 Å². The summed E-state index contributed by atoms with van der Waals surface area (Å²) in [6.07, 6.45) is 0.0900. The molecule has 3 aromatic rings. The molecule has 0 bridgehead atoms. The molecular weight excluding hydrogens is 422 g/mol. The summed E-state index contributed by atoms with van der Waals surface area (Å²) in [4.78, 5) is 32.2. The van der Waals surface area contributed by atoms with Crippen LogP contribution in [0.1, 0.15) is 37.3 Å². The van der Waals surface area contributed by atoms with Gasteiger partial charge < -0.3 is 10.2 Å². The molecule has 1 aliphatic heterocycles. The molecule has 0 unspecified atom stereocenters. The summed E-state index contributed by atoms with van der Waals surface area (Å²) in [5.74, 6) is -0.0323. The molecule has 0 saturated carbocycles. The Morgan fingerprint density at radius 2 is 1.72 bits per heavy atom. The van der Waals surface area contributed by atoms with E-state index in [-0.39, 0.29) is 24.8 Å². The van der Waals surface area contributed by atoms with Crippen LogP contribution in [0.3, 0.4) is 0 Å². The maximum Gasteiger partial charge on any atom is 0.244 e. The number of nitrogens with zero attached hydrogens (tertiary/aromatic N) is 2. The van der Waals surface area contributed by atoms with E-state index in [1.54, 1.807) is 12.1 Å². The van der Waals surface area contributed by atoms with E-state index >= 15 is 0 Å². The van der Waals surface area contributed by atoms with E-state index in [9.17, 15) is 9.59 Å². The molecule has 3 aromatic carbocycles. The van der Waals surface area contributed by atoms with Crippen molar-refractivity contribution in [2.45, 2.75) is 26.2 Å². The molecule has 5 nitrogen and oxygen atoms in total. The largest absolute Gasteiger partial charge is 0.325 e. The molecule has 1 N–H and O–H groups in total.